The smallest absolute Gasteiger partial charge is 0.373 e. The summed E-state index contributed by atoms with van der Waals surface area (Å²) in [7, 11) is -2.58. The second-order valence-electron chi connectivity index (χ2n) is 7.73. The fourth-order valence-electron chi connectivity index (χ4n) is 3.72. The second kappa shape index (κ2) is 9.21. The highest BCUT2D eigenvalue weighted by molar-refractivity contribution is 8.18. The monoisotopic (exact) mass is 515 g/mol. The average molecular weight is 516 g/mol. The maximum absolute atomic E-state index is 12.9. The van der Waals surface area contributed by atoms with Crippen LogP contribution in [-0.4, -0.2) is 42.1 Å². The largest absolute Gasteiger partial charge is 0.463 e. The van der Waals surface area contributed by atoms with E-state index in [1.807, 2.05) is 24.5 Å². The van der Waals surface area contributed by atoms with Crippen molar-refractivity contribution in [2.24, 2.45) is 5.14 Å². The summed E-state index contributed by atoms with van der Waals surface area (Å²) in [5, 5.41) is 4.72. The summed E-state index contributed by atoms with van der Waals surface area (Å²) < 4.78 is 34.9. The number of carbonyl (C=O) groups is 3. The molecule has 0 unspecified atom stereocenters. The number of hydrogen-bond acceptors (Lipinski definition) is 8. The van der Waals surface area contributed by atoms with E-state index in [0.29, 0.717) is 0 Å². The number of ether oxygens (including phenoxy) is 1. The number of imide groups is 1. The number of primary sulfonamides is 1. The van der Waals surface area contributed by atoms with Crippen LogP contribution in [0.2, 0.25) is 0 Å². The molecule has 3 aromatic rings. The molecule has 0 radical (unpaired) electrons. The van der Waals surface area contributed by atoms with Crippen LogP contribution in [0.25, 0.3) is 11.8 Å². The number of aromatic nitrogens is 1. The Kier molecular flexibility index (Phi) is 6.45. The number of nitrogens with zero attached hydrogens (tertiary/aromatic N) is 2. The van der Waals surface area contributed by atoms with E-state index in [1.54, 1.807) is 18.2 Å². The van der Waals surface area contributed by atoms with Gasteiger partial charge in [-0.2, -0.15) is 0 Å². The Morgan fingerprint density at radius 2 is 1.83 bits per heavy atom. The molecule has 0 saturated carbocycles. The van der Waals surface area contributed by atoms with Gasteiger partial charge < -0.3 is 13.7 Å². The summed E-state index contributed by atoms with van der Waals surface area (Å²) in [6.07, 6.45) is 1.64. The van der Waals surface area contributed by atoms with E-state index in [0.717, 1.165) is 39.3 Å². The third-order valence-electron chi connectivity index (χ3n) is 5.42. The van der Waals surface area contributed by atoms with Gasteiger partial charge in [0.05, 0.1) is 23.5 Å². The van der Waals surface area contributed by atoms with E-state index in [4.69, 9.17) is 9.56 Å². The number of amides is 2. The highest BCUT2D eigenvalue weighted by Gasteiger charge is 2.36. The average Bonchev–Trinajstić information content (AvgIpc) is 3.46. The Morgan fingerprint density at radius 1 is 1.14 bits per heavy atom. The molecule has 2 aromatic heterocycles. The summed E-state index contributed by atoms with van der Waals surface area (Å²) in [4.78, 5) is 38.3. The summed E-state index contributed by atoms with van der Waals surface area (Å²) in [6.45, 7) is 3.61. The maximum atomic E-state index is 12.9. The molecule has 0 atom stereocenters. The zero-order valence-corrected chi connectivity index (χ0v) is 20.6. The number of aryl methyl sites for hydroxylation is 1. The lowest BCUT2D eigenvalue weighted by molar-refractivity contribution is -0.123. The first-order valence-electron chi connectivity index (χ1n) is 10.2. The molecule has 2 N–H and O–H groups in total. The van der Waals surface area contributed by atoms with Crippen molar-refractivity contribution in [2.75, 3.05) is 7.11 Å². The molecular formula is C23H21N3O7S2. The van der Waals surface area contributed by atoms with Crippen molar-refractivity contribution in [1.82, 2.24) is 9.47 Å². The first-order chi connectivity index (χ1) is 16.5. The Balaban J connectivity index is 1.58. The van der Waals surface area contributed by atoms with Gasteiger partial charge in [0.2, 0.25) is 15.8 Å². The minimum absolute atomic E-state index is 0.00729. The van der Waals surface area contributed by atoms with Gasteiger partial charge in [-0.15, -0.1) is 0 Å². The van der Waals surface area contributed by atoms with Crippen LogP contribution in [0.1, 0.15) is 33.3 Å². The van der Waals surface area contributed by atoms with Crippen LogP contribution in [0.5, 0.6) is 0 Å². The quantitative estimate of drug-likeness (QED) is 0.389. The molecule has 1 fully saturated rings. The van der Waals surface area contributed by atoms with Gasteiger partial charge in [-0.1, -0.05) is 0 Å². The van der Waals surface area contributed by atoms with Gasteiger partial charge >= 0.3 is 5.97 Å². The van der Waals surface area contributed by atoms with Crippen molar-refractivity contribution in [3.8, 4) is 5.69 Å². The first-order valence-corrected chi connectivity index (χ1v) is 12.6. The van der Waals surface area contributed by atoms with Gasteiger partial charge in [0.15, 0.2) is 0 Å². The highest BCUT2D eigenvalue weighted by Crippen LogP contribution is 2.35. The topological polar surface area (TPSA) is 142 Å². The van der Waals surface area contributed by atoms with E-state index in [2.05, 4.69) is 4.74 Å². The molecule has 0 spiro atoms. The van der Waals surface area contributed by atoms with Gasteiger partial charge in [-0.05, 0) is 79.7 Å². The minimum atomic E-state index is -3.80. The second-order valence-corrected chi connectivity index (χ2v) is 10.3. The molecule has 1 aliphatic rings. The van der Waals surface area contributed by atoms with Gasteiger partial charge in [-0.3, -0.25) is 14.5 Å². The fourth-order valence-corrected chi connectivity index (χ4v) is 5.07. The highest BCUT2D eigenvalue weighted by atomic mass is 32.2. The Bertz CT molecular complexity index is 1480. The van der Waals surface area contributed by atoms with E-state index >= 15 is 0 Å². The van der Waals surface area contributed by atoms with Crippen molar-refractivity contribution in [1.29, 1.82) is 0 Å². The summed E-state index contributed by atoms with van der Waals surface area (Å²) in [5.74, 6) is -0.872. The number of furan rings is 1. The molecular weight excluding hydrogens is 494 g/mol. The van der Waals surface area contributed by atoms with Crippen molar-refractivity contribution in [3.05, 3.63) is 75.8 Å². The number of methoxy groups -OCH3 is 1. The van der Waals surface area contributed by atoms with Crippen molar-refractivity contribution in [2.45, 2.75) is 25.3 Å². The van der Waals surface area contributed by atoms with E-state index in [9.17, 15) is 22.8 Å². The first kappa shape index (κ1) is 24.5. The van der Waals surface area contributed by atoms with Crippen molar-refractivity contribution < 1.29 is 32.0 Å². The number of thioether (sulfide) groups is 1. The van der Waals surface area contributed by atoms with E-state index < -0.39 is 27.1 Å². The SMILES string of the molecule is COC(=O)c1ccc(CN2C(=O)S/C(=C/c3cc(C)n(-c4ccc(S(N)(=O)=O)cc4)c3C)C2=O)o1. The van der Waals surface area contributed by atoms with Crippen LogP contribution >= 0.6 is 11.8 Å². The number of sulfonamides is 1. The number of esters is 1. The van der Waals surface area contributed by atoms with Crippen molar-refractivity contribution >= 4 is 45.0 Å². The van der Waals surface area contributed by atoms with Gasteiger partial charge in [0, 0.05) is 17.1 Å². The molecule has 2 amide bonds. The van der Waals surface area contributed by atoms with Gasteiger partial charge in [0.1, 0.15) is 5.76 Å². The molecule has 4 rings (SSSR count). The van der Waals surface area contributed by atoms with Crippen LogP contribution in [0, 0.1) is 13.8 Å². The van der Waals surface area contributed by atoms with Crippen LogP contribution in [0.15, 0.2) is 56.7 Å². The molecule has 1 saturated heterocycles. The lowest BCUT2D eigenvalue weighted by Crippen LogP contribution is -2.27. The lowest BCUT2D eigenvalue weighted by Gasteiger charge is -2.10. The molecule has 182 valence electrons. The molecule has 35 heavy (non-hydrogen) atoms. The van der Waals surface area contributed by atoms with Crippen LogP contribution in [0.4, 0.5) is 4.79 Å². The van der Waals surface area contributed by atoms with E-state index in [-0.39, 0.29) is 27.9 Å². The van der Waals surface area contributed by atoms with Gasteiger partial charge in [0.25, 0.3) is 11.1 Å². The normalized spacial score (nSPS) is 15.3. The lowest BCUT2D eigenvalue weighted by atomic mass is 10.2. The number of nitrogens with two attached hydrogens (primary N) is 1. The number of carbonyl (C=O) groups excluding carboxylic acids is 3. The zero-order valence-electron chi connectivity index (χ0n) is 19.0. The maximum Gasteiger partial charge on any atom is 0.373 e. The Morgan fingerprint density at radius 3 is 2.46 bits per heavy atom. The van der Waals surface area contributed by atoms with Crippen molar-refractivity contribution in [3.63, 3.8) is 0 Å². The Hall–Kier alpha value is -3.61. The van der Waals surface area contributed by atoms with Crippen LogP contribution in [0.3, 0.4) is 0 Å². The molecule has 1 aliphatic heterocycles. The third-order valence-corrected chi connectivity index (χ3v) is 7.25. The van der Waals surface area contributed by atoms with Gasteiger partial charge in [-0.25, -0.2) is 18.4 Å². The minimum Gasteiger partial charge on any atom is -0.463 e. The van der Waals surface area contributed by atoms with Crippen LogP contribution in [-0.2, 0) is 26.1 Å². The number of rotatable bonds is 6. The van der Waals surface area contributed by atoms with E-state index in [1.165, 1.54) is 31.4 Å². The molecule has 0 bridgehead atoms. The Labute approximate surface area is 205 Å². The number of hydrogen-bond donors (Lipinski definition) is 1. The zero-order chi connectivity index (χ0) is 25.5. The standard InChI is InChI=1S/C23H21N3O7S2/c1-13-10-15(14(2)26(13)16-4-7-18(8-5-16)35(24,30)31)11-20-21(27)25(23(29)34-20)12-17-6-9-19(33-17)22(28)32-3/h4-11H,12H2,1-3H3,(H2,24,30,31)/b20-11+. The molecule has 1 aromatic carbocycles. The predicted molar refractivity (Wildman–Crippen MR) is 128 cm³/mol. The predicted octanol–water partition coefficient (Wildman–Crippen LogP) is 3.36. The summed E-state index contributed by atoms with van der Waals surface area (Å²) in [5.41, 5.74) is 3.10. The summed E-state index contributed by atoms with van der Waals surface area (Å²) in [6, 6.07) is 10.9. The van der Waals surface area contributed by atoms with Crippen LogP contribution < -0.4 is 5.14 Å². The number of benzene rings is 1. The molecule has 10 nitrogen and oxygen atoms in total. The third kappa shape index (κ3) is 4.81. The molecule has 0 aliphatic carbocycles. The fraction of sp³-hybridized carbons (Fsp3) is 0.174. The molecule has 12 heteroatoms. The summed E-state index contributed by atoms with van der Waals surface area (Å²) >= 11 is 0.813. The molecule has 3 heterocycles.